The molecular weight excluding hydrogens is 184 g/mol. The third-order valence-corrected chi connectivity index (χ3v) is 3.14. The van der Waals surface area contributed by atoms with Crippen LogP contribution in [-0.4, -0.2) is 5.78 Å². The smallest absolute Gasteiger partial charge is 0.193 e. The first kappa shape index (κ1) is 8.66. The Morgan fingerprint density at radius 3 is 2.67 bits per heavy atom. The highest BCUT2D eigenvalue weighted by atomic mass is 16.1. The van der Waals surface area contributed by atoms with Crippen LogP contribution in [-0.2, 0) is 0 Å². The molecule has 0 saturated carbocycles. The molecule has 1 heteroatoms. The molecule has 1 atom stereocenters. The Bertz CT molecular complexity index is 506. The first-order valence-corrected chi connectivity index (χ1v) is 5.34. The van der Waals surface area contributed by atoms with Crippen molar-refractivity contribution in [3.05, 3.63) is 53.1 Å². The zero-order valence-corrected chi connectivity index (χ0v) is 8.66. The predicted octanol–water partition coefficient (Wildman–Crippen LogP) is 3.23. The summed E-state index contributed by atoms with van der Waals surface area (Å²) in [4.78, 5) is 12.0. The number of carbonyl (C=O) groups is 1. The van der Waals surface area contributed by atoms with Gasteiger partial charge in [-0.3, -0.25) is 4.79 Å². The van der Waals surface area contributed by atoms with E-state index in [2.05, 4.69) is 19.1 Å². The van der Waals surface area contributed by atoms with E-state index in [1.165, 1.54) is 0 Å². The zero-order chi connectivity index (χ0) is 10.4. The predicted molar refractivity (Wildman–Crippen MR) is 60.6 cm³/mol. The first-order chi connectivity index (χ1) is 7.27. The molecule has 0 heterocycles. The molecule has 2 aliphatic carbocycles. The lowest BCUT2D eigenvalue weighted by Crippen LogP contribution is -2.01. The summed E-state index contributed by atoms with van der Waals surface area (Å²) in [5.41, 5.74) is 4.04. The number of allylic oxidation sites excluding steroid dienone is 4. The minimum absolute atomic E-state index is 0.198. The highest BCUT2D eigenvalue weighted by molar-refractivity contribution is 6.26. The molecule has 2 aliphatic rings. The van der Waals surface area contributed by atoms with E-state index in [0.29, 0.717) is 5.92 Å². The Kier molecular flexibility index (Phi) is 1.69. The maximum absolute atomic E-state index is 12.0. The summed E-state index contributed by atoms with van der Waals surface area (Å²) in [7, 11) is 0. The normalized spacial score (nSPS) is 23.0. The van der Waals surface area contributed by atoms with Crippen molar-refractivity contribution in [3.63, 3.8) is 0 Å². The van der Waals surface area contributed by atoms with Crippen LogP contribution in [0.25, 0.3) is 5.57 Å². The van der Waals surface area contributed by atoms with E-state index >= 15 is 0 Å². The third-order valence-electron chi connectivity index (χ3n) is 3.14. The van der Waals surface area contributed by atoms with Gasteiger partial charge in [0.05, 0.1) is 0 Å². The van der Waals surface area contributed by atoms with Crippen molar-refractivity contribution in [2.24, 2.45) is 5.92 Å². The largest absolute Gasteiger partial charge is 0.289 e. The molecule has 0 fully saturated rings. The molecule has 3 rings (SSSR count). The molecule has 0 saturated heterocycles. The fourth-order valence-corrected chi connectivity index (χ4v) is 2.37. The Hall–Kier alpha value is -1.63. The van der Waals surface area contributed by atoms with E-state index in [-0.39, 0.29) is 5.78 Å². The molecule has 0 amide bonds. The van der Waals surface area contributed by atoms with Crippen LogP contribution >= 0.6 is 0 Å². The second kappa shape index (κ2) is 2.93. The van der Waals surface area contributed by atoms with E-state index in [4.69, 9.17) is 0 Å². The molecule has 0 aromatic heterocycles. The maximum atomic E-state index is 12.0. The first-order valence-electron chi connectivity index (χ1n) is 5.34. The van der Waals surface area contributed by atoms with Gasteiger partial charge >= 0.3 is 0 Å². The topological polar surface area (TPSA) is 17.1 Å². The summed E-state index contributed by atoms with van der Waals surface area (Å²) >= 11 is 0. The van der Waals surface area contributed by atoms with Crippen LogP contribution in [0, 0.1) is 5.92 Å². The van der Waals surface area contributed by atoms with Crippen molar-refractivity contribution in [1.82, 2.24) is 0 Å². The number of hydrogen-bond donors (Lipinski definition) is 0. The van der Waals surface area contributed by atoms with Gasteiger partial charge in [0.15, 0.2) is 5.78 Å². The zero-order valence-electron chi connectivity index (χ0n) is 8.66. The Balaban J connectivity index is 2.27. The van der Waals surface area contributed by atoms with Gasteiger partial charge in [-0.1, -0.05) is 43.3 Å². The number of fused-ring (bicyclic) bond motifs is 3. The van der Waals surface area contributed by atoms with Crippen molar-refractivity contribution >= 4 is 11.4 Å². The van der Waals surface area contributed by atoms with Crippen LogP contribution in [0.4, 0.5) is 0 Å². The van der Waals surface area contributed by atoms with E-state index in [0.717, 1.165) is 28.7 Å². The summed E-state index contributed by atoms with van der Waals surface area (Å²) in [6.07, 6.45) is 5.29. The summed E-state index contributed by atoms with van der Waals surface area (Å²) in [6, 6.07) is 7.88. The van der Waals surface area contributed by atoms with Crippen molar-refractivity contribution < 1.29 is 4.79 Å². The lowest BCUT2D eigenvalue weighted by atomic mass is 9.91. The monoisotopic (exact) mass is 196 g/mol. The van der Waals surface area contributed by atoms with E-state index in [1.54, 1.807) is 0 Å². The van der Waals surface area contributed by atoms with Crippen molar-refractivity contribution in [1.29, 1.82) is 0 Å². The third kappa shape index (κ3) is 1.13. The molecule has 1 aromatic carbocycles. The fourth-order valence-electron chi connectivity index (χ4n) is 2.37. The van der Waals surface area contributed by atoms with Crippen LogP contribution < -0.4 is 0 Å². The van der Waals surface area contributed by atoms with Gasteiger partial charge in [-0.25, -0.2) is 0 Å². The second-order valence-corrected chi connectivity index (χ2v) is 4.29. The summed E-state index contributed by atoms with van der Waals surface area (Å²) in [5, 5.41) is 0. The second-order valence-electron chi connectivity index (χ2n) is 4.29. The lowest BCUT2D eigenvalue weighted by Gasteiger charge is -2.12. The van der Waals surface area contributed by atoms with E-state index in [9.17, 15) is 4.79 Å². The Labute approximate surface area is 89.1 Å². The Morgan fingerprint density at radius 1 is 1.13 bits per heavy atom. The number of Topliss-reactive ketones (excluding diaryl/α,β-unsaturated/α-hetero) is 1. The van der Waals surface area contributed by atoms with Crippen LogP contribution in [0.3, 0.4) is 0 Å². The minimum Gasteiger partial charge on any atom is -0.289 e. The average Bonchev–Trinajstić information content (AvgIpc) is 2.54. The number of benzene rings is 1. The van der Waals surface area contributed by atoms with Gasteiger partial charge in [0.1, 0.15) is 0 Å². The lowest BCUT2D eigenvalue weighted by molar-refractivity contribution is 0.104. The van der Waals surface area contributed by atoms with E-state index < -0.39 is 0 Å². The molecule has 0 N–H and O–H groups in total. The molecule has 1 aromatic rings. The number of ketones is 1. The Morgan fingerprint density at radius 2 is 1.87 bits per heavy atom. The molecule has 0 spiro atoms. The number of hydrogen-bond acceptors (Lipinski definition) is 1. The highest BCUT2D eigenvalue weighted by Crippen LogP contribution is 2.40. The summed E-state index contributed by atoms with van der Waals surface area (Å²) in [6.45, 7) is 2.19. The molecule has 0 aliphatic heterocycles. The van der Waals surface area contributed by atoms with Crippen LogP contribution in [0.15, 0.2) is 42.0 Å². The molecule has 74 valence electrons. The van der Waals surface area contributed by atoms with Gasteiger partial charge in [-0.2, -0.15) is 0 Å². The molecule has 1 unspecified atom stereocenters. The molecule has 1 nitrogen and oxygen atoms in total. The van der Waals surface area contributed by atoms with Gasteiger partial charge < -0.3 is 0 Å². The number of rotatable bonds is 0. The van der Waals surface area contributed by atoms with Crippen molar-refractivity contribution in [3.8, 4) is 0 Å². The van der Waals surface area contributed by atoms with Gasteiger partial charge in [-0.15, -0.1) is 0 Å². The SMILES string of the molecule is CC1C=C2C(=CC1)C(=O)c1ccccc12. The van der Waals surface area contributed by atoms with Gasteiger partial charge in [0.25, 0.3) is 0 Å². The van der Waals surface area contributed by atoms with Gasteiger partial charge in [0.2, 0.25) is 0 Å². The molecular formula is C14H12O. The van der Waals surface area contributed by atoms with Crippen LogP contribution in [0.5, 0.6) is 0 Å². The molecule has 0 bridgehead atoms. The minimum atomic E-state index is 0.198. The van der Waals surface area contributed by atoms with Crippen molar-refractivity contribution in [2.75, 3.05) is 0 Å². The van der Waals surface area contributed by atoms with Gasteiger partial charge in [0, 0.05) is 11.1 Å². The van der Waals surface area contributed by atoms with Crippen LogP contribution in [0.2, 0.25) is 0 Å². The molecule has 15 heavy (non-hydrogen) atoms. The number of carbonyl (C=O) groups excluding carboxylic acids is 1. The van der Waals surface area contributed by atoms with E-state index in [1.807, 2.05) is 24.3 Å². The van der Waals surface area contributed by atoms with Crippen molar-refractivity contribution in [2.45, 2.75) is 13.3 Å². The standard InChI is InChI=1S/C14H12O/c1-9-6-7-12-13(8-9)10-4-2-3-5-11(10)14(12)15/h2-5,7-9H,6H2,1H3. The van der Waals surface area contributed by atoms with Gasteiger partial charge in [-0.05, 0) is 23.5 Å². The molecule has 0 radical (unpaired) electrons. The fraction of sp³-hybridized carbons (Fsp3) is 0.214. The quantitative estimate of drug-likeness (QED) is 0.622. The summed E-state index contributed by atoms with van der Waals surface area (Å²) in [5.74, 6) is 0.742. The van der Waals surface area contributed by atoms with Crippen LogP contribution in [0.1, 0.15) is 29.3 Å². The highest BCUT2D eigenvalue weighted by Gasteiger charge is 2.30. The summed E-state index contributed by atoms with van der Waals surface area (Å²) < 4.78 is 0. The maximum Gasteiger partial charge on any atom is 0.193 e. The average molecular weight is 196 g/mol.